The molecule has 0 amide bonds. The Bertz CT molecular complexity index is 1710. The largest absolute Gasteiger partial charge is 0.467 e. The van der Waals surface area contributed by atoms with Gasteiger partial charge < -0.3 is 20.7 Å². The number of nitrogens with two attached hydrogens (primary N) is 1. The minimum absolute atomic E-state index is 0.154. The summed E-state index contributed by atoms with van der Waals surface area (Å²) in [6.07, 6.45) is 7.29. The lowest BCUT2D eigenvalue weighted by Gasteiger charge is -2.36. The highest BCUT2D eigenvalue weighted by Crippen LogP contribution is 2.37. The number of hydrogen-bond acceptors (Lipinski definition) is 9. The van der Waals surface area contributed by atoms with Gasteiger partial charge in [-0.3, -0.25) is 4.98 Å². The number of nitrogens with one attached hydrogen (secondary N) is 1. The first-order valence-electron chi connectivity index (χ1n) is 12.4. The number of halogens is 1. The molecule has 0 fully saturated rings. The van der Waals surface area contributed by atoms with Gasteiger partial charge in [0.1, 0.15) is 11.3 Å². The van der Waals surface area contributed by atoms with Crippen molar-refractivity contribution >= 4 is 34.6 Å². The molecule has 194 valence electrons. The van der Waals surface area contributed by atoms with E-state index in [0.29, 0.717) is 29.4 Å². The Kier molecular flexibility index (Phi) is 6.20. The molecule has 0 radical (unpaired) electrons. The SMILES string of the molecule is COc1ncc(-c2cccc3c2CN(c2cccc(F)c2)C(C(C)Nc2nc(N)nc4cccnc24)=C3)cn1. The number of fused-ring (bicyclic) bond motifs is 2. The minimum Gasteiger partial charge on any atom is -0.467 e. The topological polar surface area (TPSA) is 115 Å². The second kappa shape index (κ2) is 9.97. The molecule has 10 heteroatoms. The van der Waals surface area contributed by atoms with Gasteiger partial charge in [-0.25, -0.2) is 19.3 Å². The van der Waals surface area contributed by atoms with Gasteiger partial charge in [0.25, 0.3) is 0 Å². The van der Waals surface area contributed by atoms with Gasteiger partial charge in [0, 0.05) is 42.1 Å². The third-order valence-electron chi connectivity index (χ3n) is 6.65. The van der Waals surface area contributed by atoms with Gasteiger partial charge in [-0.15, -0.1) is 0 Å². The van der Waals surface area contributed by atoms with Crippen LogP contribution in [0.5, 0.6) is 6.01 Å². The molecule has 0 bridgehead atoms. The number of anilines is 3. The number of pyridine rings is 1. The molecule has 4 heterocycles. The van der Waals surface area contributed by atoms with E-state index >= 15 is 0 Å². The minimum atomic E-state index is -0.311. The van der Waals surface area contributed by atoms with Gasteiger partial charge in [-0.05, 0) is 60.0 Å². The average molecular weight is 521 g/mol. The Labute approximate surface area is 224 Å². The van der Waals surface area contributed by atoms with Crippen LogP contribution in [0.4, 0.5) is 21.8 Å². The second-order valence-electron chi connectivity index (χ2n) is 9.13. The predicted octanol–water partition coefficient (Wildman–Crippen LogP) is 5.07. The average Bonchev–Trinajstić information content (AvgIpc) is 2.96. The summed E-state index contributed by atoms with van der Waals surface area (Å²) < 4.78 is 19.5. The predicted molar refractivity (Wildman–Crippen MR) is 149 cm³/mol. The lowest BCUT2D eigenvalue weighted by molar-refractivity contribution is 0.380. The van der Waals surface area contributed by atoms with Crippen molar-refractivity contribution < 1.29 is 9.13 Å². The molecule has 9 nitrogen and oxygen atoms in total. The van der Waals surface area contributed by atoms with Gasteiger partial charge in [-0.2, -0.15) is 4.98 Å². The van der Waals surface area contributed by atoms with Crippen LogP contribution in [-0.4, -0.2) is 38.1 Å². The first-order chi connectivity index (χ1) is 19.0. The lowest BCUT2D eigenvalue weighted by atomic mass is 9.91. The number of aromatic nitrogens is 5. The fourth-order valence-corrected chi connectivity index (χ4v) is 4.84. The maximum atomic E-state index is 14.4. The number of ether oxygens (including phenoxy) is 1. The molecule has 3 aromatic heterocycles. The van der Waals surface area contributed by atoms with Gasteiger partial charge in [-0.1, -0.05) is 24.3 Å². The summed E-state index contributed by atoms with van der Waals surface area (Å²) in [5.74, 6) is 0.371. The highest BCUT2D eigenvalue weighted by molar-refractivity contribution is 5.86. The van der Waals surface area contributed by atoms with E-state index in [2.05, 4.69) is 47.3 Å². The molecule has 6 rings (SSSR count). The molecule has 0 saturated heterocycles. The summed E-state index contributed by atoms with van der Waals surface area (Å²) in [5.41, 5.74) is 12.9. The summed E-state index contributed by atoms with van der Waals surface area (Å²) in [6.45, 7) is 2.53. The van der Waals surface area contributed by atoms with E-state index in [4.69, 9.17) is 10.5 Å². The second-order valence-corrected chi connectivity index (χ2v) is 9.13. The van der Waals surface area contributed by atoms with Crippen molar-refractivity contribution in [3.8, 4) is 17.1 Å². The number of rotatable bonds is 6. The number of nitrogen functional groups attached to an aromatic ring is 1. The number of hydrogen-bond donors (Lipinski definition) is 2. The van der Waals surface area contributed by atoms with Crippen LogP contribution in [-0.2, 0) is 6.54 Å². The molecule has 1 aliphatic rings. The summed E-state index contributed by atoms with van der Waals surface area (Å²) in [5, 5.41) is 3.47. The first-order valence-corrected chi connectivity index (χ1v) is 12.4. The Morgan fingerprint density at radius 1 is 1.03 bits per heavy atom. The van der Waals surface area contributed by atoms with Gasteiger partial charge in [0.2, 0.25) is 5.95 Å². The number of nitrogens with zero attached hydrogens (tertiary/aromatic N) is 6. The molecule has 39 heavy (non-hydrogen) atoms. The summed E-state index contributed by atoms with van der Waals surface area (Å²) >= 11 is 0. The quantitative estimate of drug-likeness (QED) is 0.316. The highest BCUT2D eigenvalue weighted by atomic mass is 19.1. The smallest absolute Gasteiger partial charge is 0.316 e. The number of benzene rings is 2. The zero-order valence-electron chi connectivity index (χ0n) is 21.3. The molecule has 1 atom stereocenters. The standard InChI is InChI=1S/C29H25FN8O/c1-17(35-27-26-24(10-5-11-32-26)36-28(31)37-27)25-12-18-6-3-9-22(19-14-33-29(39-2)34-15-19)23(18)16-38(25)21-8-4-7-20(30)13-21/h3-15,17H,16H2,1-2H3,(H3,31,35,36,37). The van der Waals surface area contributed by atoms with E-state index in [1.807, 2.05) is 31.2 Å². The van der Waals surface area contributed by atoms with Crippen LogP contribution in [0.25, 0.3) is 28.2 Å². The van der Waals surface area contributed by atoms with Crippen LogP contribution in [0.15, 0.2) is 78.9 Å². The Morgan fingerprint density at radius 2 is 1.85 bits per heavy atom. The van der Waals surface area contributed by atoms with Crippen LogP contribution in [0.3, 0.4) is 0 Å². The fourth-order valence-electron chi connectivity index (χ4n) is 4.84. The van der Waals surface area contributed by atoms with Crippen molar-refractivity contribution in [2.75, 3.05) is 23.1 Å². The van der Waals surface area contributed by atoms with Crippen LogP contribution in [0, 0.1) is 5.82 Å². The molecule has 0 spiro atoms. The van der Waals surface area contributed by atoms with Crippen LogP contribution in [0.2, 0.25) is 0 Å². The summed E-state index contributed by atoms with van der Waals surface area (Å²) in [7, 11) is 1.53. The van der Waals surface area contributed by atoms with E-state index in [-0.39, 0.29) is 17.8 Å². The van der Waals surface area contributed by atoms with Gasteiger partial charge in [0.15, 0.2) is 5.82 Å². The van der Waals surface area contributed by atoms with Gasteiger partial charge >= 0.3 is 6.01 Å². The molecule has 0 saturated carbocycles. The van der Waals surface area contributed by atoms with Crippen molar-refractivity contribution in [2.45, 2.75) is 19.5 Å². The van der Waals surface area contributed by atoms with Crippen molar-refractivity contribution in [1.82, 2.24) is 24.9 Å². The molecule has 1 unspecified atom stereocenters. The summed E-state index contributed by atoms with van der Waals surface area (Å²) in [4.78, 5) is 23.8. The molecule has 0 aliphatic carbocycles. The first kappa shape index (κ1) is 24.2. The number of methoxy groups -OCH3 is 1. The van der Waals surface area contributed by atoms with E-state index in [9.17, 15) is 4.39 Å². The molecule has 2 aromatic carbocycles. The fraction of sp³-hybridized carbons (Fsp3) is 0.138. The maximum absolute atomic E-state index is 14.4. The van der Waals surface area contributed by atoms with E-state index in [0.717, 1.165) is 33.6 Å². The van der Waals surface area contributed by atoms with Crippen LogP contribution < -0.4 is 20.7 Å². The van der Waals surface area contributed by atoms with Crippen molar-refractivity contribution in [3.63, 3.8) is 0 Å². The van der Waals surface area contributed by atoms with Crippen molar-refractivity contribution in [3.05, 3.63) is 95.8 Å². The molecule has 5 aromatic rings. The third-order valence-corrected chi connectivity index (χ3v) is 6.65. The molecule has 3 N–H and O–H groups in total. The summed E-state index contributed by atoms with van der Waals surface area (Å²) in [6, 6.07) is 16.4. The monoisotopic (exact) mass is 520 g/mol. The Morgan fingerprint density at radius 3 is 2.64 bits per heavy atom. The third kappa shape index (κ3) is 4.68. The van der Waals surface area contributed by atoms with Gasteiger partial charge in [0.05, 0.1) is 18.7 Å². The van der Waals surface area contributed by atoms with Crippen LogP contribution >= 0.6 is 0 Å². The molecular formula is C29H25FN8O. The highest BCUT2D eigenvalue weighted by Gasteiger charge is 2.27. The molecular weight excluding hydrogens is 495 g/mol. The van der Waals surface area contributed by atoms with E-state index < -0.39 is 0 Å². The van der Waals surface area contributed by atoms with Crippen LogP contribution in [0.1, 0.15) is 18.1 Å². The zero-order chi connectivity index (χ0) is 26.9. The zero-order valence-corrected chi connectivity index (χ0v) is 21.3. The van der Waals surface area contributed by atoms with E-state index in [1.54, 1.807) is 30.7 Å². The Balaban J connectivity index is 1.45. The molecule has 1 aliphatic heterocycles. The Hall–Kier alpha value is -5.12. The lowest BCUT2D eigenvalue weighted by Crippen LogP contribution is -2.35. The normalized spacial score (nSPS) is 13.5. The van der Waals surface area contributed by atoms with E-state index in [1.165, 1.54) is 19.2 Å². The van der Waals surface area contributed by atoms with Crippen molar-refractivity contribution in [2.24, 2.45) is 0 Å². The maximum Gasteiger partial charge on any atom is 0.316 e. The van der Waals surface area contributed by atoms with Crippen molar-refractivity contribution in [1.29, 1.82) is 0 Å².